The van der Waals surface area contributed by atoms with Gasteiger partial charge in [-0.05, 0) is 24.6 Å². The Hall–Kier alpha value is -1.23. The predicted molar refractivity (Wildman–Crippen MR) is 76.7 cm³/mol. The highest BCUT2D eigenvalue weighted by molar-refractivity contribution is 6.45. The van der Waals surface area contributed by atoms with Gasteiger partial charge in [0.25, 0.3) is 0 Å². The van der Waals surface area contributed by atoms with Crippen molar-refractivity contribution in [2.24, 2.45) is 5.73 Å². The van der Waals surface area contributed by atoms with Gasteiger partial charge in [0.1, 0.15) is 6.54 Å². The second kappa shape index (κ2) is 5.82. The molecule has 1 heterocycles. The molecular weight excluding hydrogens is 287 g/mol. The van der Waals surface area contributed by atoms with E-state index in [1.807, 2.05) is 12.3 Å². The van der Waals surface area contributed by atoms with Gasteiger partial charge in [0.15, 0.2) is 0 Å². The number of methoxy groups -OCH3 is 1. The molecule has 2 N–H and O–H groups in total. The third-order valence-corrected chi connectivity index (χ3v) is 3.75. The molecule has 0 aliphatic rings. The second-order valence-corrected chi connectivity index (χ2v) is 4.94. The molecule has 2 rings (SSSR count). The van der Waals surface area contributed by atoms with Crippen LogP contribution in [0.25, 0.3) is 10.9 Å². The summed E-state index contributed by atoms with van der Waals surface area (Å²) in [4.78, 5) is 11.4. The van der Waals surface area contributed by atoms with E-state index in [0.717, 1.165) is 16.5 Å². The Labute approximate surface area is 121 Å². The van der Waals surface area contributed by atoms with Crippen molar-refractivity contribution in [3.8, 4) is 0 Å². The summed E-state index contributed by atoms with van der Waals surface area (Å²) in [5.41, 5.74) is 7.38. The van der Waals surface area contributed by atoms with Crippen molar-refractivity contribution in [3.63, 3.8) is 0 Å². The van der Waals surface area contributed by atoms with Crippen LogP contribution in [0, 0.1) is 0 Å². The molecule has 1 aromatic heterocycles. The highest BCUT2D eigenvalue weighted by Crippen LogP contribution is 2.33. The zero-order valence-electron chi connectivity index (χ0n) is 10.5. The average molecular weight is 301 g/mol. The van der Waals surface area contributed by atoms with E-state index in [1.165, 1.54) is 7.11 Å². The summed E-state index contributed by atoms with van der Waals surface area (Å²) < 4.78 is 6.43. The number of halogens is 2. The minimum Gasteiger partial charge on any atom is -0.468 e. The van der Waals surface area contributed by atoms with Crippen LogP contribution in [-0.4, -0.2) is 24.2 Å². The molecule has 0 atom stereocenters. The minimum absolute atomic E-state index is 0.0949. The van der Waals surface area contributed by atoms with E-state index in [1.54, 1.807) is 10.6 Å². The van der Waals surface area contributed by atoms with Gasteiger partial charge in [-0.15, -0.1) is 0 Å². The van der Waals surface area contributed by atoms with Crippen LogP contribution >= 0.6 is 23.2 Å². The molecule has 0 spiro atoms. The molecule has 0 saturated carbocycles. The van der Waals surface area contributed by atoms with Crippen molar-refractivity contribution in [2.45, 2.75) is 13.0 Å². The number of benzene rings is 1. The Morgan fingerprint density at radius 1 is 1.42 bits per heavy atom. The Balaban J connectivity index is 2.61. The number of rotatable bonds is 4. The lowest BCUT2D eigenvalue weighted by Gasteiger charge is -2.06. The molecular formula is C13H14Cl2N2O2. The van der Waals surface area contributed by atoms with E-state index in [2.05, 4.69) is 4.74 Å². The molecule has 0 aliphatic carbocycles. The lowest BCUT2D eigenvalue weighted by Crippen LogP contribution is -2.10. The maximum absolute atomic E-state index is 11.4. The molecule has 102 valence electrons. The topological polar surface area (TPSA) is 57.2 Å². The Morgan fingerprint density at radius 3 is 2.79 bits per heavy atom. The van der Waals surface area contributed by atoms with Gasteiger partial charge in [0, 0.05) is 11.6 Å². The molecule has 0 saturated heterocycles. The van der Waals surface area contributed by atoms with Crippen molar-refractivity contribution in [2.75, 3.05) is 13.7 Å². The van der Waals surface area contributed by atoms with Gasteiger partial charge in [-0.25, -0.2) is 0 Å². The Bertz CT molecular complexity index is 623. The van der Waals surface area contributed by atoms with E-state index in [4.69, 9.17) is 28.9 Å². The predicted octanol–water partition coefficient (Wildman–Crippen LogP) is 2.62. The van der Waals surface area contributed by atoms with Gasteiger partial charge >= 0.3 is 5.97 Å². The monoisotopic (exact) mass is 300 g/mol. The first-order valence-corrected chi connectivity index (χ1v) is 6.56. The number of nitrogens with two attached hydrogens (primary N) is 1. The first-order chi connectivity index (χ1) is 9.08. The quantitative estimate of drug-likeness (QED) is 0.883. The molecule has 2 aromatic rings. The molecule has 0 bridgehead atoms. The summed E-state index contributed by atoms with van der Waals surface area (Å²) in [5.74, 6) is -0.341. The highest BCUT2D eigenvalue weighted by atomic mass is 35.5. The Kier molecular flexibility index (Phi) is 4.34. The number of aromatic nitrogens is 1. The van der Waals surface area contributed by atoms with E-state index < -0.39 is 0 Å². The smallest absolute Gasteiger partial charge is 0.325 e. The number of ether oxygens (including phenoxy) is 1. The van der Waals surface area contributed by atoms with Crippen LogP contribution in [0.5, 0.6) is 0 Å². The third kappa shape index (κ3) is 2.71. The van der Waals surface area contributed by atoms with Crippen LogP contribution in [0.2, 0.25) is 10.0 Å². The van der Waals surface area contributed by atoms with Gasteiger partial charge < -0.3 is 15.0 Å². The fourth-order valence-corrected chi connectivity index (χ4v) is 2.51. The van der Waals surface area contributed by atoms with Crippen LogP contribution in [0.1, 0.15) is 5.56 Å². The molecule has 0 fully saturated rings. The molecule has 19 heavy (non-hydrogen) atoms. The molecule has 4 nitrogen and oxygen atoms in total. The summed E-state index contributed by atoms with van der Waals surface area (Å²) in [6.45, 7) is 0.620. The van der Waals surface area contributed by atoms with E-state index >= 15 is 0 Å². The molecule has 0 unspecified atom stereocenters. The zero-order chi connectivity index (χ0) is 14.0. The fourth-order valence-electron chi connectivity index (χ4n) is 2.09. The van der Waals surface area contributed by atoms with E-state index in [-0.39, 0.29) is 12.5 Å². The van der Waals surface area contributed by atoms with E-state index in [0.29, 0.717) is 23.0 Å². The lowest BCUT2D eigenvalue weighted by atomic mass is 10.1. The van der Waals surface area contributed by atoms with Crippen molar-refractivity contribution in [3.05, 3.63) is 33.9 Å². The first-order valence-electron chi connectivity index (χ1n) is 5.81. The van der Waals surface area contributed by atoms with Crippen LogP contribution in [0.4, 0.5) is 0 Å². The largest absolute Gasteiger partial charge is 0.468 e. The van der Waals surface area contributed by atoms with Gasteiger partial charge in [-0.3, -0.25) is 4.79 Å². The number of carbonyl (C=O) groups excluding carboxylic acids is 1. The summed E-state index contributed by atoms with van der Waals surface area (Å²) in [7, 11) is 1.35. The number of hydrogen-bond acceptors (Lipinski definition) is 3. The minimum atomic E-state index is -0.341. The SMILES string of the molecule is COC(=O)Cn1cc(CCN)c2ccc(Cl)c(Cl)c21. The summed E-state index contributed by atoms with van der Waals surface area (Å²) in [5, 5.41) is 1.85. The van der Waals surface area contributed by atoms with E-state index in [9.17, 15) is 4.79 Å². The molecule has 0 aliphatic heterocycles. The first kappa shape index (κ1) is 14.2. The number of fused-ring (bicyclic) bond motifs is 1. The number of esters is 1. The molecule has 1 aromatic carbocycles. The maximum atomic E-state index is 11.4. The maximum Gasteiger partial charge on any atom is 0.325 e. The zero-order valence-corrected chi connectivity index (χ0v) is 12.0. The van der Waals surface area contributed by atoms with Crippen molar-refractivity contribution in [1.29, 1.82) is 0 Å². The van der Waals surface area contributed by atoms with Crippen molar-refractivity contribution >= 4 is 40.1 Å². The summed E-state index contributed by atoms with van der Waals surface area (Å²) in [6.07, 6.45) is 2.58. The van der Waals surface area contributed by atoms with Crippen LogP contribution in [0.3, 0.4) is 0 Å². The lowest BCUT2D eigenvalue weighted by molar-refractivity contribution is -0.141. The van der Waals surface area contributed by atoms with Gasteiger partial charge in [0.2, 0.25) is 0 Å². The standard InChI is InChI=1S/C13H14Cl2N2O2/c1-19-11(18)7-17-6-8(4-5-16)9-2-3-10(14)12(15)13(9)17/h2-3,6H,4-5,7,16H2,1H3. The molecule has 0 amide bonds. The third-order valence-electron chi connectivity index (χ3n) is 2.95. The second-order valence-electron chi connectivity index (χ2n) is 4.15. The summed E-state index contributed by atoms with van der Waals surface area (Å²) >= 11 is 12.3. The van der Waals surface area contributed by atoms with Gasteiger partial charge in [-0.1, -0.05) is 29.3 Å². The number of carbonyl (C=O) groups is 1. The fraction of sp³-hybridized carbons (Fsp3) is 0.308. The molecule has 0 radical (unpaired) electrons. The Morgan fingerprint density at radius 2 is 2.16 bits per heavy atom. The normalized spacial score (nSPS) is 10.9. The highest BCUT2D eigenvalue weighted by Gasteiger charge is 2.15. The van der Waals surface area contributed by atoms with Gasteiger partial charge in [0.05, 0.1) is 22.7 Å². The van der Waals surface area contributed by atoms with Gasteiger partial charge in [-0.2, -0.15) is 0 Å². The molecule has 6 heteroatoms. The van der Waals surface area contributed by atoms with Crippen molar-refractivity contribution < 1.29 is 9.53 Å². The average Bonchev–Trinajstić information content (AvgIpc) is 2.73. The van der Waals surface area contributed by atoms with Crippen LogP contribution in [0.15, 0.2) is 18.3 Å². The number of nitrogens with zero attached hydrogens (tertiary/aromatic N) is 1. The summed E-state index contributed by atoms with van der Waals surface area (Å²) in [6, 6.07) is 3.64. The van der Waals surface area contributed by atoms with Crippen LogP contribution < -0.4 is 5.73 Å². The van der Waals surface area contributed by atoms with Crippen LogP contribution in [-0.2, 0) is 22.5 Å². The number of hydrogen-bond donors (Lipinski definition) is 1. The van der Waals surface area contributed by atoms with Crippen molar-refractivity contribution in [1.82, 2.24) is 4.57 Å².